The fraction of sp³-hybridized carbons (Fsp3) is 0.143. The number of aromatic amines is 1. The average molecular weight is 426 g/mol. The molecule has 0 saturated heterocycles. The van der Waals surface area contributed by atoms with E-state index in [1.54, 1.807) is 6.20 Å². The fourth-order valence-corrected chi connectivity index (χ4v) is 3.87. The highest BCUT2D eigenvalue weighted by Gasteiger charge is 2.14. The quantitative estimate of drug-likeness (QED) is 0.312. The Morgan fingerprint density at radius 2 is 1.93 bits per heavy atom. The zero-order valence-corrected chi connectivity index (χ0v) is 17.1. The number of pyridine rings is 1. The van der Waals surface area contributed by atoms with Gasteiger partial charge in [-0.3, -0.25) is 4.79 Å². The number of H-pyrrole nitrogens is 1. The summed E-state index contributed by atoms with van der Waals surface area (Å²) in [5.74, 6) is -0.0878. The van der Waals surface area contributed by atoms with Gasteiger partial charge in [-0.15, -0.1) is 11.3 Å². The molecule has 0 aliphatic rings. The maximum atomic E-state index is 12.6. The summed E-state index contributed by atoms with van der Waals surface area (Å²) in [5, 5.41) is 13.3. The first-order valence-corrected chi connectivity index (χ1v) is 10.5. The molecule has 3 heterocycles. The van der Waals surface area contributed by atoms with E-state index < -0.39 is 0 Å². The van der Waals surface area contributed by atoms with Gasteiger partial charge in [0.05, 0.1) is 11.4 Å². The second kappa shape index (κ2) is 9.09. The van der Waals surface area contributed by atoms with Crippen molar-refractivity contribution in [1.82, 2.24) is 20.6 Å². The zero-order valence-electron chi connectivity index (χ0n) is 15.5. The molecule has 1 amide bonds. The van der Waals surface area contributed by atoms with Crippen molar-refractivity contribution in [2.24, 2.45) is 0 Å². The summed E-state index contributed by atoms with van der Waals surface area (Å²) in [4.78, 5) is 20.6. The van der Waals surface area contributed by atoms with Crippen LogP contribution in [-0.2, 0) is 6.54 Å². The van der Waals surface area contributed by atoms with Crippen molar-refractivity contribution in [3.8, 4) is 0 Å². The van der Waals surface area contributed by atoms with Gasteiger partial charge in [0.1, 0.15) is 10.5 Å². The SMILES string of the molecule is O=C(NCCNCc1ccc(Cl)cc1)c1sccc1Nc1ccnc2[nH]ccc12. The van der Waals surface area contributed by atoms with Gasteiger partial charge in [0.25, 0.3) is 5.91 Å². The number of nitrogens with one attached hydrogen (secondary N) is 4. The number of anilines is 2. The molecule has 0 radical (unpaired) electrons. The van der Waals surface area contributed by atoms with E-state index in [9.17, 15) is 4.79 Å². The molecule has 6 nitrogen and oxygen atoms in total. The molecule has 0 unspecified atom stereocenters. The molecule has 8 heteroatoms. The van der Waals surface area contributed by atoms with Gasteiger partial charge in [-0.2, -0.15) is 0 Å². The van der Waals surface area contributed by atoms with Gasteiger partial charge in [0.15, 0.2) is 0 Å². The number of aromatic nitrogens is 2. The van der Waals surface area contributed by atoms with Crippen LogP contribution in [0.3, 0.4) is 0 Å². The number of hydrogen-bond acceptors (Lipinski definition) is 5. The molecule has 4 N–H and O–H groups in total. The highest BCUT2D eigenvalue weighted by Crippen LogP contribution is 2.29. The van der Waals surface area contributed by atoms with Crippen molar-refractivity contribution in [3.05, 3.63) is 75.7 Å². The van der Waals surface area contributed by atoms with Gasteiger partial charge in [-0.25, -0.2) is 4.98 Å². The van der Waals surface area contributed by atoms with Crippen LogP contribution in [0.25, 0.3) is 11.0 Å². The van der Waals surface area contributed by atoms with Crippen LogP contribution in [-0.4, -0.2) is 29.0 Å². The Morgan fingerprint density at radius 3 is 2.79 bits per heavy atom. The number of carbonyl (C=O) groups excluding carboxylic acids is 1. The maximum Gasteiger partial charge on any atom is 0.263 e. The predicted molar refractivity (Wildman–Crippen MR) is 119 cm³/mol. The number of rotatable bonds is 8. The largest absolute Gasteiger partial charge is 0.354 e. The summed E-state index contributed by atoms with van der Waals surface area (Å²) in [6.45, 7) is 1.95. The first kappa shape index (κ1) is 19.4. The van der Waals surface area contributed by atoms with Crippen molar-refractivity contribution in [3.63, 3.8) is 0 Å². The molecule has 0 aliphatic heterocycles. The Balaban J connectivity index is 1.30. The number of hydrogen-bond donors (Lipinski definition) is 4. The molecule has 1 aromatic carbocycles. The molecular formula is C21H20ClN5OS. The molecule has 0 atom stereocenters. The molecule has 0 spiro atoms. The third-order valence-electron chi connectivity index (χ3n) is 4.43. The highest BCUT2D eigenvalue weighted by molar-refractivity contribution is 7.12. The van der Waals surface area contributed by atoms with Gasteiger partial charge < -0.3 is 20.9 Å². The Hall–Kier alpha value is -2.87. The lowest BCUT2D eigenvalue weighted by Gasteiger charge is -2.10. The lowest BCUT2D eigenvalue weighted by molar-refractivity contribution is 0.0958. The minimum Gasteiger partial charge on any atom is -0.354 e. The Bertz CT molecular complexity index is 1110. The van der Waals surface area contributed by atoms with Crippen LogP contribution < -0.4 is 16.0 Å². The third-order valence-corrected chi connectivity index (χ3v) is 5.60. The van der Waals surface area contributed by atoms with Gasteiger partial charge in [-0.05, 0) is 41.3 Å². The Kier molecular flexibility index (Phi) is 6.09. The van der Waals surface area contributed by atoms with E-state index in [1.165, 1.54) is 11.3 Å². The summed E-state index contributed by atoms with van der Waals surface area (Å²) >= 11 is 7.30. The lowest BCUT2D eigenvalue weighted by Crippen LogP contribution is -2.31. The fourth-order valence-electron chi connectivity index (χ4n) is 2.98. The average Bonchev–Trinajstić information content (AvgIpc) is 3.39. The van der Waals surface area contributed by atoms with Gasteiger partial charge in [0.2, 0.25) is 0 Å². The molecule has 0 saturated carbocycles. The summed E-state index contributed by atoms with van der Waals surface area (Å²) in [7, 11) is 0. The number of benzene rings is 1. The maximum absolute atomic E-state index is 12.6. The van der Waals surface area contributed by atoms with Crippen LogP contribution in [0.1, 0.15) is 15.2 Å². The van der Waals surface area contributed by atoms with E-state index in [0.717, 1.165) is 39.5 Å². The molecule has 0 aliphatic carbocycles. The van der Waals surface area contributed by atoms with Crippen LogP contribution in [0, 0.1) is 0 Å². The van der Waals surface area contributed by atoms with E-state index in [2.05, 4.69) is 25.9 Å². The number of halogens is 1. The molecule has 148 valence electrons. The minimum absolute atomic E-state index is 0.0878. The van der Waals surface area contributed by atoms with E-state index in [4.69, 9.17) is 11.6 Å². The molecule has 3 aromatic heterocycles. The molecular weight excluding hydrogens is 406 g/mol. The van der Waals surface area contributed by atoms with E-state index in [1.807, 2.05) is 54.0 Å². The van der Waals surface area contributed by atoms with Crippen molar-refractivity contribution in [2.45, 2.75) is 6.54 Å². The van der Waals surface area contributed by atoms with E-state index in [-0.39, 0.29) is 5.91 Å². The van der Waals surface area contributed by atoms with Crippen LogP contribution in [0.5, 0.6) is 0 Å². The number of carbonyl (C=O) groups is 1. The summed E-state index contributed by atoms with van der Waals surface area (Å²) in [5.41, 5.74) is 3.66. The second-order valence-electron chi connectivity index (χ2n) is 6.45. The number of nitrogens with zero attached hydrogens (tertiary/aromatic N) is 1. The molecule has 4 aromatic rings. The first-order valence-electron chi connectivity index (χ1n) is 9.21. The third kappa shape index (κ3) is 4.76. The number of thiophene rings is 1. The van der Waals surface area contributed by atoms with Crippen molar-refractivity contribution in [1.29, 1.82) is 0 Å². The molecule has 4 rings (SSSR count). The van der Waals surface area contributed by atoms with Crippen molar-refractivity contribution < 1.29 is 4.79 Å². The van der Waals surface area contributed by atoms with Crippen molar-refractivity contribution in [2.75, 3.05) is 18.4 Å². The second-order valence-corrected chi connectivity index (χ2v) is 7.80. The number of amides is 1. The summed E-state index contributed by atoms with van der Waals surface area (Å²) < 4.78 is 0. The lowest BCUT2D eigenvalue weighted by atomic mass is 10.2. The monoisotopic (exact) mass is 425 g/mol. The zero-order chi connectivity index (χ0) is 20.1. The summed E-state index contributed by atoms with van der Waals surface area (Å²) in [6, 6.07) is 13.5. The molecule has 29 heavy (non-hydrogen) atoms. The van der Waals surface area contributed by atoms with Crippen LogP contribution in [0.15, 0.2) is 60.2 Å². The standard InChI is InChI=1S/C21H20ClN5OS/c22-15-3-1-14(2-4-15)13-23-10-11-26-21(28)19-18(7-12-29-19)27-17-6-9-25-20-16(17)5-8-24-20/h1-9,12,23H,10-11,13H2,(H,26,28)(H2,24,25,27). The van der Waals surface area contributed by atoms with Gasteiger partial charge in [-0.1, -0.05) is 23.7 Å². The van der Waals surface area contributed by atoms with Gasteiger partial charge in [0, 0.05) is 42.4 Å². The normalized spacial score (nSPS) is 10.9. The Morgan fingerprint density at radius 1 is 1.07 bits per heavy atom. The van der Waals surface area contributed by atoms with Crippen LogP contribution in [0.2, 0.25) is 5.02 Å². The predicted octanol–water partition coefficient (Wildman–Crippen LogP) is 4.54. The Labute approximate surface area is 177 Å². The van der Waals surface area contributed by atoms with Crippen LogP contribution in [0.4, 0.5) is 11.4 Å². The van der Waals surface area contributed by atoms with Crippen molar-refractivity contribution >= 4 is 51.3 Å². The summed E-state index contributed by atoms with van der Waals surface area (Å²) in [6.07, 6.45) is 3.58. The number of fused-ring (bicyclic) bond motifs is 1. The highest BCUT2D eigenvalue weighted by atomic mass is 35.5. The smallest absolute Gasteiger partial charge is 0.263 e. The molecule has 0 fully saturated rings. The topological polar surface area (TPSA) is 81.8 Å². The van der Waals surface area contributed by atoms with E-state index in [0.29, 0.717) is 18.0 Å². The minimum atomic E-state index is -0.0878. The van der Waals surface area contributed by atoms with E-state index >= 15 is 0 Å². The molecule has 0 bridgehead atoms. The first-order chi connectivity index (χ1) is 14.2. The van der Waals surface area contributed by atoms with Crippen LogP contribution >= 0.6 is 22.9 Å². The van der Waals surface area contributed by atoms with Gasteiger partial charge >= 0.3 is 0 Å².